The molecule has 1 aromatic heterocycles. The quantitative estimate of drug-likeness (QED) is 0.885. The Hall–Kier alpha value is -2.27. The number of aromatic nitrogens is 1. The molecular formula is C16H20N2O3. The summed E-state index contributed by atoms with van der Waals surface area (Å²) in [4.78, 5) is 4.46. The third kappa shape index (κ3) is 3.44. The lowest BCUT2D eigenvalue weighted by molar-refractivity contribution is 0.341. The van der Waals surface area contributed by atoms with Gasteiger partial charge in [0, 0.05) is 18.3 Å². The highest BCUT2D eigenvalue weighted by Gasteiger charge is 2.13. The molecule has 2 aromatic rings. The monoisotopic (exact) mass is 288 g/mol. The zero-order valence-corrected chi connectivity index (χ0v) is 12.8. The molecule has 0 aliphatic rings. The highest BCUT2D eigenvalue weighted by Crippen LogP contribution is 2.39. The summed E-state index contributed by atoms with van der Waals surface area (Å²) >= 11 is 0. The van der Waals surface area contributed by atoms with E-state index in [1.807, 2.05) is 44.3 Å². The average molecular weight is 288 g/mol. The number of nitrogens with zero attached hydrogens (tertiary/aromatic N) is 1. The highest BCUT2D eigenvalue weighted by atomic mass is 16.5. The number of ether oxygens (including phenoxy) is 3. The number of methoxy groups -OCH3 is 2. The number of benzene rings is 1. The molecule has 0 spiro atoms. The van der Waals surface area contributed by atoms with Crippen LogP contribution in [0.2, 0.25) is 0 Å². The van der Waals surface area contributed by atoms with Crippen LogP contribution in [-0.2, 0) is 6.54 Å². The van der Waals surface area contributed by atoms with Gasteiger partial charge in [0.2, 0.25) is 11.6 Å². The molecule has 0 fully saturated rings. The van der Waals surface area contributed by atoms with Crippen LogP contribution in [0.15, 0.2) is 30.3 Å². The van der Waals surface area contributed by atoms with E-state index in [1.165, 1.54) is 0 Å². The molecular weight excluding hydrogens is 268 g/mol. The molecule has 1 N–H and O–H groups in total. The summed E-state index contributed by atoms with van der Waals surface area (Å²) in [5.74, 6) is 2.24. The number of para-hydroxylation sites is 1. The van der Waals surface area contributed by atoms with Crippen molar-refractivity contribution in [2.24, 2.45) is 0 Å². The number of nitrogens with one attached hydrogen (secondary N) is 1. The maximum absolute atomic E-state index is 5.85. The van der Waals surface area contributed by atoms with Crippen LogP contribution in [0.1, 0.15) is 11.3 Å². The third-order valence-corrected chi connectivity index (χ3v) is 3.13. The van der Waals surface area contributed by atoms with Gasteiger partial charge in [0.25, 0.3) is 0 Å². The van der Waals surface area contributed by atoms with Gasteiger partial charge >= 0.3 is 0 Å². The summed E-state index contributed by atoms with van der Waals surface area (Å²) in [6.45, 7) is 2.73. The Bertz CT molecular complexity index is 592. The van der Waals surface area contributed by atoms with Crippen molar-refractivity contribution in [1.29, 1.82) is 0 Å². The largest absolute Gasteiger partial charge is 0.493 e. The predicted octanol–water partition coefficient (Wildman–Crippen LogP) is 2.92. The van der Waals surface area contributed by atoms with Gasteiger partial charge in [0.1, 0.15) is 0 Å². The van der Waals surface area contributed by atoms with E-state index in [1.54, 1.807) is 14.2 Å². The van der Waals surface area contributed by atoms with Gasteiger partial charge in [0.15, 0.2) is 11.5 Å². The Kier molecular flexibility index (Phi) is 5.00. The average Bonchev–Trinajstić information content (AvgIpc) is 2.50. The van der Waals surface area contributed by atoms with Crippen LogP contribution in [0.25, 0.3) is 0 Å². The first kappa shape index (κ1) is 15.1. The van der Waals surface area contributed by atoms with Gasteiger partial charge in [-0.15, -0.1) is 0 Å². The summed E-state index contributed by atoms with van der Waals surface area (Å²) in [7, 11) is 5.09. The van der Waals surface area contributed by atoms with Crippen LogP contribution in [-0.4, -0.2) is 26.3 Å². The van der Waals surface area contributed by atoms with Crippen LogP contribution >= 0.6 is 0 Å². The van der Waals surface area contributed by atoms with Crippen molar-refractivity contribution in [3.8, 4) is 23.1 Å². The van der Waals surface area contributed by atoms with E-state index in [0.29, 0.717) is 23.1 Å². The third-order valence-electron chi connectivity index (χ3n) is 3.13. The minimum Gasteiger partial charge on any atom is -0.493 e. The van der Waals surface area contributed by atoms with E-state index in [4.69, 9.17) is 14.2 Å². The molecule has 0 atom stereocenters. The first-order valence-electron chi connectivity index (χ1n) is 6.69. The Labute approximate surface area is 124 Å². The first-order chi connectivity index (χ1) is 10.2. The van der Waals surface area contributed by atoms with Gasteiger partial charge in [-0.05, 0) is 31.7 Å². The first-order valence-corrected chi connectivity index (χ1v) is 6.69. The van der Waals surface area contributed by atoms with Gasteiger partial charge < -0.3 is 19.5 Å². The molecule has 5 nitrogen and oxygen atoms in total. The molecule has 0 saturated heterocycles. The second kappa shape index (κ2) is 6.95. The molecule has 21 heavy (non-hydrogen) atoms. The van der Waals surface area contributed by atoms with Crippen molar-refractivity contribution >= 4 is 0 Å². The minimum absolute atomic E-state index is 0.509. The lowest BCUT2D eigenvalue weighted by atomic mass is 10.2. The maximum Gasteiger partial charge on any atom is 0.219 e. The fraction of sp³-hybridized carbons (Fsp3) is 0.312. The fourth-order valence-electron chi connectivity index (χ4n) is 2.02. The molecule has 2 rings (SSSR count). The normalized spacial score (nSPS) is 10.3. The molecule has 1 heterocycles. The Balaban J connectivity index is 2.32. The Morgan fingerprint density at radius 3 is 2.24 bits per heavy atom. The summed E-state index contributed by atoms with van der Waals surface area (Å²) in [6, 6.07) is 9.32. The second-order valence-corrected chi connectivity index (χ2v) is 4.52. The fourth-order valence-corrected chi connectivity index (χ4v) is 2.02. The van der Waals surface area contributed by atoms with E-state index in [9.17, 15) is 0 Å². The zero-order valence-electron chi connectivity index (χ0n) is 12.8. The van der Waals surface area contributed by atoms with Gasteiger partial charge in [-0.3, -0.25) is 0 Å². The van der Waals surface area contributed by atoms with Gasteiger partial charge in [-0.2, -0.15) is 0 Å². The molecule has 5 heteroatoms. The van der Waals surface area contributed by atoms with Crippen LogP contribution in [0, 0.1) is 6.92 Å². The molecule has 0 radical (unpaired) electrons. The molecule has 0 unspecified atom stereocenters. The molecule has 0 aliphatic carbocycles. The van der Waals surface area contributed by atoms with Crippen molar-refractivity contribution in [2.45, 2.75) is 13.5 Å². The zero-order chi connectivity index (χ0) is 15.2. The molecule has 0 bridgehead atoms. The standard InChI is InChI=1S/C16H20N2O3/c1-11-12(10-17-2)8-9-15(18-11)21-16-13(19-3)6-5-7-14(16)20-4/h5-9,17H,10H2,1-4H3. The van der Waals surface area contributed by atoms with E-state index in [-0.39, 0.29) is 0 Å². The smallest absolute Gasteiger partial charge is 0.219 e. The summed E-state index contributed by atoms with van der Waals surface area (Å²) < 4.78 is 16.5. The highest BCUT2D eigenvalue weighted by molar-refractivity contribution is 5.52. The molecule has 0 saturated carbocycles. The van der Waals surface area contributed by atoms with Crippen molar-refractivity contribution in [1.82, 2.24) is 10.3 Å². The van der Waals surface area contributed by atoms with Crippen LogP contribution < -0.4 is 19.5 Å². The van der Waals surface area contributed by atoms with E-state index < -0.39 is 0 Å². The van der Waals surface area contributed by atoms with E-state index in [0.717, 1.165) is 17.8 Å². The minimum atomic E-state index is 0.509. The van der Waals surface area contributed by atoms with Gasteiger partial charge in [-0.25, -0.2) is 4.98 Å². The van der Waals surface area contributed by atoms with Crippen molar-refractivity contribution in [3.63, 3.8) is 0 Å². The summed E-state index contributed by atoms with van der Waals surface area (Å²) in [5, 5.41) is 3.11. The maximum atomic E-state index is 5.85. The number of rotatable bonds is 6. The van der Waals surface area contributed by atoms with Crippen LogP contribution in [0.5, 0.6) is 23.1 Å². The van der Waals surface area contributed by atoms with Crippen LogP contribution in [0.3, 0.4) is 0 Å². The predicted molar refractivity (Wildman–Crippen MR) is 81.4 cm³/mol. The molecule has 0 aliphatic heterocycles. The summed E-state index contributed by atoms with van der Waals surface area (Å²) in [6.07, 6.45) is 0. The topological polar surface area (TPSA) is 52.6 Å². The van der Waals surface area contributed by atoms with Crippen molar-refractivity contribution < 1.29 is 14.2 Å². The van der Waals surface area contributed by atoms with Crippen molar-refractivity contribution in [2.75, 3.05) is 21.3 Å². The number of aryl methyl sites for hydroxylation is 1. The molecule has 0 amide bonds. The second-order valence-electron chi connectivity index (χ2n) is 4.52. The van der Waals surface area contributed by atoms with E-state index >= 15 is 0 Å². The molecule has 112 valence electrons. The van der Waals surface area contributed by atoms with Crippen molar-refractivity contribution in [3.05, 3.63) is 41.6 Å². The summed E-state index contributed by atoms with van der Waals surface area (Å²) in [5.41, 5.74) is 2.06. The lowest BCUT2D eigenvalue weighted by Gasteiger charge is -2.14. The van der Waals surface area contributed by atoms with Gasteiger partial charge in [-0.1, -0.05) is 12.1 Å². The number of pyridine rings is 1. The lowest BCUT2D eigenvalue weighted by Crippen LogP contribution is -2.07. The van der Waals surface area contributed by atoms with Gasteiger partial charge in [0.05, 0.1) is 14.2 Å². The number of hydrogen-bond acceptors (Lipinski definition) is 5. The SMILES string of the molecule is CNCc1ccc(Oc2c(OC)cccc2OC)nc1C. The Morgan fingerprint density at radius 2 is 1.71 bits per heavy atom. The number of hydrogen-bond donors (Lipinski definition) is 1. The molecule has 1 aromatic carbocycles. The van der Waals surface area contributed by atoms with Crippen LogP contribution in [0.4, 0.5) is 0 Å². The Morgan fingerprint density at radius 1 is 1.05 bits per heavy atom. The van der Waals surface area contributed by atoms with E-state index in [2.05, 4.69) is 10.3 Å².